The van der Waals surface area contributed by atoms with Crippen molar-refractivity contribution in [1.29, 1.82) is 0 Å². The van der Waals surface area contributed by atoms with Crippen LogP contribution in [0.2, 0.25) is 0 Å². The Bertz CT molecular complexity index is 497. The number of benzene rings is 1. The zero-order chi connectivity index (χ0) is 12.6. The van der Waals surface area contributed by atoms with E-state index in [1.54, 1.807) is 0 Å². The topological polar surface area (TPSA) is 92.4 Å². The molecule has 0 aliphatic heterocycles. The predicted molar refractivity (Wildman–Crippen MR) is 58.1 cm³/mol. The van der Waals surface area contributed by atoms with Crippen LogP contribution in [0.4, 0.5) is 10.1 Å². The maximum atomic E-state index is 13.5. The van der Waals surface area contributed by atoms with Crippen molar-refractivity contribution in [3.8, 4) is 0 Å². The van der Waals surface area contributed by atoms with E-state index in [0.717, 1.165) is 6.07 Å². The van der Waals surface area contributed by atoms with Crippen LogP contribution < -0.4 is 11.1 Å². The molecule has 1 aliphatic rings. The number of halogens is 1. The maximum Gasteiger partial charge on any atom is 0.335 e. The van der Waals surface area contributed by atoms with Gasteiger partial charge in [-0.25, -0.2) is 9.18 Å². The minimum absolute atomic E-state index is 0.0586. The second-order valence-corrected chi connectivity index (χ2v) is 4.11. The zero-order valence-electron chi connectivity index (χ0n) is 8.87. The van der Waals surface area contributed by atoms with Crippen LogP contribution in [0.1, 0.15) is 23.2 Å². The number of carboxylic acid groups (broad SMARTS) is 1. The Kier molecular flexibility index (Phi) is 2.59. The van der Waals surface area contributed by atoms with Crippen molar-refractivity contribution < 1.29 is 19.1 Å². The summed E-state index contributed by atoms with van der Waals surface area (Å²) in [5, 5.41) is 11.0. The highest BCUT2D eigenvalue weighted by atomic mass is 19.1. The van der Waals surface area contributed by atoms with E-state index >= 15 is 0 Å². The summed E-state index contributed by atoms with van der Waals surface area (Å²) in [5.74, 6) is -2.46. The van der Waals surface area contributed by atoms with Crippen LogP contribution in [0, 0.1) is 5.82 Å². The number of anilines is 1. The van der Waals surface area contributed by atoms with E-state index in [2.05, 4.69) is 5.32 Å². The second kappa shape index (κ2) is 3.81. The van der Waals surface area contributed by atoms with Crippen molar-refractivity contribution in [1.82, 2.24) is 0 Å². The van der Waals surface area contributed by atoms with Crippen molar-refractivity contribution in [2.45, 2.75) is 18.4 Å². The van der Waals surface area contributed by atoms with Gasteiger partial charge in [0.25, 0.3) is 0 Å². The molecule has 0 aromatic heterocycles. The Morgan fingerprint density at radius 1 is 1.41 bits per heavy atom. The number of amides is 1. The van der Waals surface area contributed by atoms with Gasteiger partial charge in [-0.15, -0.1) is 0 Å². The molecule has 1 aliphatic carbocycles. The first-order valence-electron chi connectivity index (χ1n) is 5.05. The number of nitrogens with one attached hydrogen (secondary N) is 1. The average Bonchev–Trinajstić information content (AvgIpc) is 3.00. The summed E-state index contributed by atoms with van der Waals surface area (Å²) < 4.78 is 13.5. The van der Waals surface area contributed by atoms with Crippen LogP contribution in [-0.4, -0.2) is 22.5 Å². The fourth-order valence-electron chi connectivity index (χ4n) is 1.36. The third kappa shape index (κ3) is 2.26. The van der Waals surface area contributed by atoms with Crippen LogP contribution in [0.5, 0.6) is 0 Å². The lowest BCUT2D eigenvalue weighted by Gasteiger charge is -2.10. The highest BCUT2D eigenvalue weighted by molar-refractivity contribution is 6.00. The second-order valence-electron chi connectivity index (χ2n) is 4.11. The van der Waals surface area contributed by atoms with E-state index in [4.69, 9.17) is 10.8 Å². The van der Waals surface area contributed by atoms with E-state index in [9.17, 15) is 14.0 Å². The van der Waals surface area contributed by atoms with Gasteiger partial charge in [0.05, 0.1) is 16.8 Å². The molecule has 0 bridgehead atoms. The SMILES string of the molecule is NC1(C(=O)Nc2ccc(C(=O)O)cc2F)CC1. The molecule has 6 heteroatoms. The number of nitrogens with two attached hydrogens (primary N) is 1. The molecule has 0 atom stereocenters. The summed E-state index contributed by atoms with van der Waals surface area (Å²) >= 11 is 0. The van der Waals surface area contributed by atoms with Gasteiger partial charge in [-0.1, -0.05) is 0 Å². The van der Waals surface area contributed by atoms with Crippen LogP contribution in [0.25, 0.3) is 0 Å². The highest BCUT2D eigenvalue weighted by Gasteiger charge is 2.46. The zero-order valence-corrected chi connectivity index (χ0v) is 8.87. The Morgan fingerprint density at radius 2 is 2.06 bits per heavy atom. The van der Waals surface area contributed by atoms with Crippen LogP contribution >= 0.6 is 0 Å². The van der Waals surface area contributed by atoms with Gasteiger partial charge >= 0.3 is 5.97 Å². The van der Waals surface area contributed by atoms with Crippen molar-refractivity contribution in [3.05, 3.63) is 29.6 Å². The average molecular weight is 238 g/mol. The van der Waals surface area contributed by atoms with Gasteiger partial charge in [0.15, 0.2) is 0 Å². The van der Waals surface area contributed by atoms with Crippen molar-refractivity contribution >= 4 is 17.6 Å². The molecule has 1 aromatic carbocycles. The molecule has 5 nitrogen and oxygen atoms in total. The van der Waals surface area contributed by atoms with Crippen LogP contribution in [-0.2, 0) is 4.79 Å². The molecule has 0 unspecified atom stereocenters. The number of aromatic carboxylic acids is 1. The third-order valence-corrected chi connectivity index (χ3v) is 2.71. The Balaban J connectivity index is 2.17. The van der Waals surface area contributed by atoms with E-state index < -0.39 is 23.2 Å². The van der Waals surface area contributed by atoms with Crippen LogP contribution in [0.3, 0.4) is 0 Å². The van der Waals surface area contributed by atoms with Crippen LogP contribution in [0.15, 0.2) is 18.2 Å². The summed E-state index contributed by atoms with van der Waals surface area (Å²) in [7, 11) is 0. The standard InChI is InChI=1S/C11H11FN2O3/c12-7-5-6(9(15)16)1-2-8(7)14-10(17)11(13)3-4-11/h1-2,5H,3-4,13H2,(H,14,17)(H,15,16). The molecule has 0 spiro atoms. The Morgan fingerprint density at radius 3 is 2.53 bits per heavy atom. The lowest BCUT2D eigenvalue weighted by molar-refractivity contribution is -0.118. The van der Waals surface area contributed by atoms with E-state index in [1.807, 2.05) is 0 Å². The van der Waals surface area contributed by atoms with Crippen molar-refractivity contribution in [2.75, 3.05) is 5.32 Å². The molecule has 2 rings (SSSR count). The predicted octanol–water partition coefficient (Wildman–Crippen LogP) is 0.954. The molecule has 0 radical (unpaired) electrons. The summed E-state index contributed by atoms with van der Waals surface area (Å²) in [5.41, 5.74) is 4.52. The van der Waals surface area contributed by atoms with Crippen molar-refractivity contribution in [2.24, 2.45) is 5.73 Å². The number of hydrogen-bond acceptors (Lipinski definition) is 3. The third-order valence-electron chi connectivity index (χ3n) is 2.71. The monoisotopic (exact) mass is 238 g/mol. The molecular weight excluding hydrogens is 227 g/mol. The molecule has 90 valence electrons. The van der Waals surface area contributed by atoms with Gasteiger partial charge in [-0.3, -0.25) is 4.79 Å². The molecule has 1 fully saturated rings. The molecule has 4 N–H and O–H groups in total. The smallest absolute Gasteiger partial charge is 0.335 e. The molecule has 0 saturated heterocycles. The van der Waals surface area contributed by atoms with E-state index in [0.29, 0.717) is 12.8 Å². The van der Waals surface area contributed by atoms with Gasteiger partial charge in [0.1, 0.15) is 5.82 Å². The van der Waals surface area contributed by atoms with Gasteiger partial charge in [-0.2, -0.15) is 0 Å². The van der Waals surface area contributed by atoms with Gasteiger partial charge < -0.3 is 16.2 Å². The Hall–Kier alpha value is -1.95. The number of rotatable bonds is 3. The minimum atomic E-state index is -1.22. The first kappa shape index (κ1) is 11.5. The number of hydrogen-bond donors (Lipinski definition) is 3. The van der Waals surface area contributed by atoms with Gasteiger partial charge in [0.2, 0.25) is 5.91 Å². The molecule has 17 heavy (non-hydrogen) atoms. The van der Waals surface area contributed by atoms with Gasteiger partial charge in [0, 0.05) is 0 Å². The lowest BCUT2D eigenvalue weighted by atomic mass is 10.2. The molecular formula is C11H11FN2O3. The largest absolute Gasteiger partial charge is 0.478 e. The number of carbonyl (C=O) groups excluding carboxylic acids is 1. The summed E-state index contributed by atoms with van der Waals surface area (Å²) in [6, 6.07) is 3.29. The quantitative estimate of drug-likeness (QED) is 0.731. The number of carboxylic acids is 1. The summed E-state index contributed by atoms with van der Waals surface area (Å²) in [6.45, 7) is 0. The fraction of sp³-hybridized carbons (Fsp3) is 0.273. The summed E-state index contributed by atoms with van der Waals surface area (Å²) in [6.07, 6.45) is 1.15. The number of carbonyl (C=O) groups is 2. The van der Waals surface area contributed by atoms with Gasteiger partial charge in [-0.05, 0) is 31.0 Å². The lowest BCUT2D eigenvalue weighted by Crippen LogP contribution is -2.38. The minimum Gasteiger partial charge on any atom is -0.478 e. The van der Waals surface area contributed by atoms with Crippen molar-refractivity contribution in [3.63, 3.8) is 0 Å². The molecule has 1 saturated carbocycles. The van der Waals surface area contributed by atoms with E-state index in [-0.39, 0.29) is 11.3 Å². The summed E-state index contributed by atoms with van der Waals surface area (Å²) in [4.78, 5) is 22.1. The first-order valence-corrected chi connectivity index (χ1v) is 5.05. The fourth-order valence-corrected chi connectivity index (χ4v) is 1.36. The maximum absolute atomic E-state index is 13.5. The Labute approximate surface area is 96.4 Å². The first-order chi connectivity index (χ1) is 7.92. The molecule has 1 aromatic rings. The highest BCUT2D eigenvalue weighted by Crippen LogP contribution is 2.33. The molecule has 1 amide bonds. The molecule has 0 heterocycles. The van der Waals surface area contributed by atoms with E-state index in [1.165, 1.54) is 12.1 Å². The normalized spacial score (nSPS) is 16.4.